The fraction of sp³-hybridized carbons (Fsp3) is 0.231. The molecule has 2 aliphatic rings. The molecule has 8 nitrogen and oxygen atoms in total. The van der Waals surface area contributed by atoms with E-state index in [-0.39, 0.29) is 44.5 Å². The lowest BCUT2D eigenvalue weighted by Gasteiger charge is -2.37. The first-order chi connectivity index (χ1) is 36.3. The van der Waals surface area contributed by atoms with Crippen LogP contribution in [0, 0.1) is 16.7 Å². The first kappa shape index (κ1) is 58.4. The Hall–Kier alpha value is -6.89. The molecule has 2 aliphatic carbocycles. The molecule has 11 heteroatoms. The Bertz CT molecular complexity index is 2850. The zero-order chi connectivity index (χ0) is 54.9. The molecule has 8 aromatic carbocycles. The number of Topliss-reactive ketones (excluding diaryl/α,β-unsaturated/α-hetero) is 1. The van der Waals surface area contributed by atoms with Gasteiger partial charge in [-0.1, -0.05) is 193 Å². The van der Waals surface area contributed by atoms with Crippen molar-refractivity contribution in [2.45, 2.75) is 102 Å². The third-order valence-corrected chi connectivity index (χ3v) is 19.3. The van der Waals surface area contributed by atoms with Crippen LogP contribution < -0.4 is 10.8 Å². The molecule has 2 fully saturated rings. The maximum Gasteiger partial charge on any atom is 0.335 e. The van der Waals surface area contributed by atoms with Gasteiger partial charge in [-0.05, 0) is 126 Å². The lowest BCUT2D eigenvalue weighted by atomic mass is 9.70. The van der Waals surface area contributed by atoms with Gasteiger partial charge >= 0.3 is 5.97 Å². The number of anilines is 1. The van der Waals surface area contributed by atoms with Gasteiger partial charge in [-0.25, -0.2) is 13.2 Å². The Morgan fingerprint density at radius 2 is 0.882 bits per heavy atom. The Labute approximate surface area is 456 Å². The van der Waals surface area contributed by atoms with E-state index in [9.17, 15) is 27.7 Å². The summed E-state index contributed by atoms with van der Waals surface area (Å²) < 4.78 is 32.7. The van der Waals surface area contributed by atoms with Crippen LogP contribution in [0.1, 0.15) is 94.1 Å². The zero-order valence-corrected chi connectivity index (χ0v) is 46.6. The van der Waals surface area contributed by atoms with E-state index in [2.05, 4.69) is 228 Å². The summed E-state index contributed by atoms with van der Waals surface area (Å²) in [5, 5.41) is 19.0. The topological polar surface area (TPSA) is 161 Å². The van der Waals surface area contributed by atoms with Crippen LogP contribution in [-0.2, 0) is 36.7 Å². The van der Waals surface area contributed by atoms with Crippen molar-refractivity contribution in [2.75, 3.05) is 11.5 Å². The maximum absolute atomic E-state index is 11.8. The summed E-state index contributed by atoms with van der Waals surface area (Å²) in [6, 6.07) is 76.2. The number of carbonyl (C=O) groups excluding carboxylic acids is 1. The van der Waals surface area contributed by atoms with Gasteiger partial charge in [0.25, 0.3) is 0 Å². The van der Waals surface area contributed by atoms with E-state index in [0.717, 1.165) is 12.1 Å². The number of nitrogen functional groups attached to an aromatic ring is 1. The minimum atomic E-state index is -4.33. The van der Waals surface area contributed by atoms with Crippen LogP contribution in [-0.4, -0.2) is 35.6 Å². The van der Waals surface area contributed by atoms with Crippen LogP contribution in [0.4, 0.5) is 5.69 Å². The highest BCUT2D eigenvalue weighted by Gasteiger charge is 2.64. The van der Waals surface area contributed by atoms with Crippen molar-refractivity contribution >= 4 is 49.3 Å². The monoisotopic (exact) mass is 1070 g/mol. The molecule has 0 amide bonds. The standard InChI is InChI=1S/2C18H15S.C12H19N.C10H16O4S.C7H6O3/c2*1-4-10-16(11-5-1)19(17-12-6-2-7-13-17)18-14-8-3-9-15-18;1-8(2)10-6-5-7-11(9(3)4)12(10)13;1-9(2)7-3-4-10(9,8(11)5-7)6-15(12,13)14;8-6-4-2-1-3-5(6)7(9)10/h2*1-15H;5-9H,13H2,1-4H3;7H,3-6H2,1-2H3,(H,12,13,14);1-4,8H,(H,9,10)/q2*+1;;;/p-2. The highest BCUT2D eigenvalue weighted by Crippen LogP contribution is 2.64. The Kier molecular flexibility index (Phi) is 20.9. The number of ketones is 1. The number of benzene rings is 8. The van der Waals surface area contributed by atoms with Crippen LogP contribution in [0.5, 0.6) is 5.75 Å². The third kappa shape index (κ3) is 15.2. The van der Waals surface area contributed by atoms with Crippen molar-refractivity contribution in [3.05, 3.63) is 241 Å². The number of aromatic carboxylic acids is 1. The molecule has 394 valence electrons. The van der Waals surface area contributed by atoms with Gasteiger partial charge in [0.15, 0.2) is 29.4 Å². The highest BCUT2D eigenvalue weighted by molar-refractivity contribution is 7.97. The summed E-state index contributed by atoms with van der Waals surface area (Å²) in [4.78, 5) is 30.2. The van der Waals surface area contributed by atoms with Gasteiger partial charge in [0.1, 0.15) is 5.78 Å². The van der Waals surface area contributed by atoms with Gasteiger partial charge in [-0.3, -0.25) is 4.79 Å². The van der Waals surface area contributed by atoms with Gasteiger partial charge in [-0.2, -0.15) is 0 Å². The predicted molar refractivity (Wildman–Crippen MR) is 308 cm³/mol. The van der Waals surface area contributed by atoms with Crippen molar-refractivity contribution in [3.63, 3.8) is 0 Å². The number of para-hydroxylation sites is 2. The molecular formula is C65H69NO7S3. The van der Waals surface area contributed by atoms with E-state index in [0.29, 0.717) is 24.7 Å². The third-order valence-electron chi connectivity index (χ3n) is 14.0. The molecule has 8 aromatic rings. The second-order valence-electron chi connectivity index (χ2n) is 19.8. The Morgan fingerprint density at radius 1 is 0.566 bits per heavy atom. The summed E-state index contributed by atoms with van der Waals surface area (Å²) in [6.45, 7) is 12.5. The van der Waals surface area contributed by atoms with E-state index in [4.69, 9.17) is 10.8 Å². The van der Waals surface area contributed by atoms with E-state index in [1.54, 1.807) is 0 Å². The number of carbonyl (C=O) groups is 2. The van der Waals surface area contributed by atoms with Gasteiger partial charge in [0, 0.05) is 17.5 Å². The number of rotatable bonds is 11. The minimum Gasteiger partial charge on any atom is -0.872 e. The van der Waals surface area contributed by atoms with Crippen molar-refractivity contribution in [1.29, 1.82) is 0 Å². The molecule has 0 aromatic heterocycles. The smallest absolute Gasteiger partial charge is 0.335 e. The van der Waals surface area contributed by atoms with Crippen molar-refractivity contribution in [3.8, 4) is 5.75 Å². The number of carboxylic acids is 1. The number of nitrogens with two attached hydrogens (primary N) is 1. The summed E-state index contributed by atoms with van der Waals surface area (Å²) in [6.07, 6.45) is 1.88. The quantitative estimate of drug-likeness (QED) is 0.0735. The molecule has 2 atom stereocenters. The number of fused-ring (bicyclic) bond motifs is 2. The molecule has 0 spiro atoms. The molecule has 0 saturated heterocycles. The van der Waals surface area contributed by atoms with E-state index in [1.165, 1.54) is 64.8 Å². The zero-order valence-electron chi connectivity index (χ0n) is 44.1. The molecule has 2 saturated carbocycles. The molecular weight excluding hydrogens is 1000 g/mol. The Balaban J connectivity index is 0.000000157. The second kappa shape index (κ2) is 27.2. The minimum absolute atomic E-state index is 0.0146. The van der Waals surface area contributed by atoms with E-state index in [1.807, 2.05) is 13.8 Å². The highest BCUT2D eigenvalue weighted by atomic mass is 32.2. The van der Waals surface area contributed by atoms with E-state index < -0.39 is 33.0 Å². The van der Waals surface area contributed by atoms with Crippen LogP contribution in [0.25, 0.3) is 0 Å². The summed E-state index contributed by atoms with van der Waals surface area (Å²) in [7, 11) is -4.36. The number of hydrogen-bond donors (Lipinski definition) is 2. The lowest BCUT2D eigenvalue weighted by molar-refractivity contribution is -0.268. The molecule has 0 radical (unpaired) electrons. The molecule has 3 N–H and O–H groups in total. The summed E-state index contributed by atoms with van der Waals surface area (Å²) in [5.74, 6) is -0.879. The second-order valence-corrected chi connectivity index (χ2v) is 25.3. The van der Waals surface area contributed by atoms with Crippen molar-refractivity contribution < 1.29 is 32.8 Å². The lowest BCUT2D eigenvalue weighted by Crippen LogP contribution is -2.42. The fourth-order valence-corrected chi connectivity index (χ4v) is 15.3. The first-order valence-electron chi connectivity index (χ1n) is 25.5. The SMILES string of the molecule is CC(C)c1cccc(C(C)C)c1N.CC1(C)C2CCC1(CS(=O)(=O)[O-])C(=O)C2.O=C(O)c1ccccc1[O-].c1ccc([S+](c2ccccc2)c2ccccc2)cc1.c1ccc([S+](c2ccccc2)c2ccccc2)cc1. The maximum atomic E-state index is 11.8. The molecule has 0 aliphatic heterocycles. The van der Waals surface area contributed by atoms with Crippen molar-refractivity contribution in [2.24, 2.45) is 16.7 Å². The van der Waals surface area contributed by atoms with Gasteiger partial charge < -0.3 is 20.5 Å². The molecule has 2 bridgehead atoms. The van der Waals surface area contributed by atoms with Crippen LogP contribution >= 0.6 is 0 Å². The average Bonchev–Trinajstić information content (AvgIpc) is 3.82. The number of carboxylic acid groups (broad SMARTS) is 1. The predicted octanol–water partition coefficient (Wildman–Crippen LogP) is 14.5. The normalized spacial score (nSPS) is 16.0. The molecule has 2 unspecified atom stereocenters. The summed E-state index contributed by atoms with van der Waals surface area (Å²) in [5.41, 5.74) is 8.20. The van der Waals surface area contributed by atoms with Crippen LogP contribution in [0.2, 0.25) is 0 Å². The fourth-order valence-electron chi connectivity index (χ4n) is 9.82. The molecule has 10 rings (SSSR count). The van der Waals surface area contributed by atoms with Crippen LogP contribution in [0.3, 0.4) is 0 Å². The van der Waals surface area contributed by atoms with Crippen molar-refractivity contribution in [1.82, 2.24) is 0 Å². The Morgan fingerprint density at radius 3 is 1.12 bits per heavy atom. The molecule has 0 heterocycles. The summed E-state index contributed by atoms with van der Waals surface area (Å²) >= 11 is 0. The average molecular weight is 1070 g/mol. The van der Waals surface area contributed by atoms with Crippen LogP contribution in [0.15, 0.2) is 254 Å². The van der Waals surface area contributed by atoms with E-state index >= 15 is 0 Å². The first-order valence-corrected chi connectivity index (χ1v) is 29.5. The largest absolute Gasteiger partial charge is 0.872 e. The van der Waals surface area contributed by atoms with Gasteiger partial charge in [0.05, 0.1) is 43.2 Å². The number of hydrogen-bond acceptors (Lipinski definition) is 7. The van der Waals surface area contributed by atoms with Gasteiger partial charge in [0.2, 0.25) is 0 Å². The molecule has 76 heavy (non-hydrogen) atoms. The van der Waals surface area contributed by atoms with Gasteiger partial charge in [-0.15, -0.1) is 0 Å².